The number of aliphatic hydroxyl groups is 1. The molecule has 2 aromatic heterocycles. The minimum absolute atomic E-state index is 0.0781. The number of fused-ring (bicyclic) bond motifs is 1. The van der Waals surface area contributed by atoms with Crippen LogP contribution in [-0.2, 0) is 0 Å². The molecular formula is C22H34N4O2S. The second-order valence-corrected chi connectivity index (χ2v) is 10.3. The number of rotatable bonds is 6. The van der Waals surface area contributed by atoms with Gasteiger partial charge in [0.2, 0.25) is 0 Å². The van der Waals surface area contributed by atoms with Crippen LogP contribution < -0.4 is 10.2 Å². The Bertz CT molecular complexity index is 840. The van der Waals surface area contributed by atoms with Gasteiger partial charge in [-0.05, 0) is 79.2 Å². The Morgan fingerprint density at radius 2 is 1.83 bits per heavy atom. The first-order chi connectivity index (χ1) is 13.6. The van der Waals surface area contributed by atoms with Crippen molar-refractivity contribution in [1.29, 1.82) is 0 Å². The van der Waals surface area contributed by atoms with Crippen LogP contribution in [0.25, 0.3) is 10.3 Å². The summed E-state index contributed by atoms with van der Waals surface area (Å²) in [5.74, 6) is 0.222. The van der Waals surface area contributed by atoms with E-state index in [-0.39, 0.29) is 11.9 Å². The molecule has 2 aromatic rings. The van der Waals surface area contributed by atoms with Crippen molar-refractivity contribution in [3.05, 3.63) is 17.8 Å². The van der Waals surface area contributed by atoms with Crippen LogP contribution in [-0.4, -0.2) is 44.7 Å². The summed E-state index contributed by atoms with van der Waals surface area (Å²) >= 11 is 1.59. The summed E-state index contributed by atoms with van der Waals surface area (Å²) < 4.78 is 0.935. The maximum absolute atomic E-state index is 12.8. The molecule has 0 bridgehead atoms. The van der Waals surface area contributed by atoms with Crippen molar-refractivity contribution in [2.75, 3.05) is 4.90 Å². The number of carbonyl (C=O) groups is 1. The molecule has 1 aliphatic carbocycles. The fraction of sp³-hybridized carbons (Fsp3) is 0.682. The molecule has 3 rings (SSSR count). The fourth-order valence-corrected chi connectivity index (χ4v) is 5.53. The summed E-state index contributed by atoms with van der Waals surface area (Å²) in [4.78, 5) is 24.2. The number of thiazole rings is 1. The van der Waals surface area contributed by atoms with Gasteiger partial charge < -0.3 is 15.3 Å². The summed E-state index contributed by atoms with van der Waals surface area (Å²) in [6, 6.07) is 2.75. The zero-order valence-electron chi connectivity index (χ0n) is 18.4. The van der Waals surface area contributed by atoms with E-state index in [2.05, 4.69) is 47.9 Å². The van der Waals surface area contributed by atoms with Gasteiger partial charge in [-0.15, -0.1) is 0 Å². The number of hydrogen-bond donors (Lipinski definition) is 2. The molecule has 1 aliphatic rings. The maximum atomic E-state index is 12.8. The standard InChI is InChI=1S/C22H34N4O2S/c1-13(2)26(14(3)4)21-25-19-18(29-21)11-15(12-23-19)20(27)24-17-9-7-16(8-10-17)22(5,6)28/h11-14,16-17,28H,7-10H2,1-6H3,(H,24,27). The van der Waals surface area contributed by atoms with E-state index in [1.807, 2.05) is 19.9 Å². The van der Waals surface area contributed by atoms with Crippen LogP contribution in [0.5, 0.6) is 0 Å². The first-order valence-electron chi connectivity index (χ1n) is 10.6. The van der Waals surface area contributed by atoms with E-state index in [9.17, 15) is 9.90 Å². The molecule has 0 atom stereocenters. The van der Waals surface area contributed by atoms with Crippen molar-refractivity contribution in [2.45, 2.75) is 91.0 Å². The first kappa shape index (κ1) is 22.0. The summed E-state index contributed by atoms with van der Waals surface area (Å²) in [6.07, 6.45) is 5.30. The lowest BCUT2D eigenvalue weighted by Gasteiger charge is -2.36. The zero-order chi connectivity index (χ0) is 21.3. The largest absolute Gasteiger partial charge is 0.390 e. The predicted molar refractivity (Wildman–Crippen MR) is 120 cm³/mol. The Morgan fingerprint density at radius 1 is 1.21 bits per heavy atom. The molecule has 0 spiro atoms. The van der Waals surface area contributed by atoms with Crippen LogP contribution in [0.3, 0.4) is 0 Å². The molecule has 0 aliphatic heterocycles. The Labute approximate surface area is 177 Å². The minimum atomic E-state index is -0.645. The third-order valence-corrected chi connectivity index (χ3v) is 6.90. The molecule has 1 fully saturated rings. The highest BCUT2D eigenvalue weighted by atomic mass is 32.1. The molecule has 0 aromatic carbocycles. The van der Waals surface area contributed by atoms with E-state index < -0.39 is 5.60 Å². The lowest BCUT2D eigenvalue weighted by Crippen LogP contribution is -2.41. The third kappa shape index (κ3) is 5.07. The summed E-state index contributed by atoms with van der Waals surface area (Å²) in [5.41, 5.74) is 0.629. The van der Waals surface area contributed by atoms with Crippen LogP contribution in [0.15, 0.2) is 12.3 Å². The normalized spacial score (nSPS) is 20.4. The first-order valence-corrected chi connectivity index (χ1v) is 11.5. The number of pyridine rings is 1. The monoisotopic (exact) mass is 418 g/mol. The molecule has 160 valence electrons. The summed E-state index contributed by atoms with van der Waals surface area (Å²) in [5, 5.41) is 14.3. The van der Waals surface area contributed by atoms with Gasteiger partial charge >= 0.3 is 0 Å². The second-order valence-electron chi connectivity index (χ2n) is 9.31. The van der Waals surface area contributed by atoms with E-state index >= 15 is 0 Å². The minimum Gasteiger partial charge on any atom is -0.390 e. The lowest BCUT2D eigenvalue weighted by molar-refractivity contribution is -0.00257. The smallest absolute Gasteiger partial charge is 0.253 e. The predicted octanol–water partition coefficient (Wildman–Crippen LogP) is 4.37. The zero-order valence-corrected chi connectivity index (χ0v) is 19.2. The molecule has 0 radical (unpaired) electrons. The van der Waals surface area contributed by atoms with Crippen LogP contribution in [0, 0.1) is 5.92 Å². The SMILES string of the molecule is CC(C)N(c1nc2ncc(C(=O)NC3CCC(C(C)(C)O)CC3)cc2s1)C(C)C. The Balaban J connectivity index is 1.69. The lowest BCUT2D eigenvalue weighted by atomic mass is 9.77. The Hall–Kier alpha value is -1.73. The average Bonchev–Trinajstić information content (AvgIpc) is 3.02. The van der Waals surface area contributed by atoms with Crippen LogP contribution in [0.1, 0.15) is 77.6 Å². The van der Waals surface area contributed by atoms with Crippen molar-refractivity contribution in [2.24, 2.45) is 5.92 Å². The number of hydrogen-bond acceptors (Lipinski definition) is 6. The van der Waals surface area contributed by atoms with Gasteiger partial charge in [-0.3, -0.25) is 4.79 Å². The second kappa shape index (κ2) is 8.56. The van der Waals surface area contributed by atoms with Gasteiger partial charge in [0, 0.05) is 24.3 Å². The average molecular weight is 419 g/mol. The molecule has 0 saturated heterocycles. The van der Waals surface area contributed by atoms with Crippen molar-refractivity contribution < 1.29 is 9.90 Å². The number of nitrogens with zero attached hydrogens (tertiary/aromatic N) is 3. The number of aromatic nitrogens is 2. The van der Waals surface area contributed by atoms with Gasteiger partial charge in [-0.25, -0.2) is 4.98 Å². The highest BCUT2D eigenvalue weighted by Crippen LogP contribution is 2.33. The van der Waals surface area contributed by atoms with Gasteiger partial charge in [0.1, 0.15) is 0 Å². The Morgan fingerprint density at radius 3 is 2.38 bits per heavy atom. The molecule has 0 unspecified atom stereocenters. The molecular weight excluding hydrogens is 384 g/mol. The van der Waals surface area contributed by atoms with Gasteiger partial charge in [-0.1, -0.05) is 11.3 Å². The quantitative estimate of drug-likeness (QED) is 0.728. The van der Waals surface area contributed by atoms with E-state index in [0.717, 1.165) is 35.5 Å². The summed E-state index contributed by atoms with van der Waals surface area (Å²) in [7, 11) is 0. The van der Waals surface area contributed by atoms with Crippen molar-refractivity contribution in [1.82, 2.24) is 15.3 Å². The van der Waals surface area contributed by atoms with Gasteiger partial charge in [0.05, 0.1) is 15.9 Å². The van der Waals surface area contributed by atoms with Crippen molar-refractivity contribution >= 4 is 32.7 Å². The third-order valence-electron chi connectivity index (χ3n) is 5.89. The van der Waals surface area contributed by atoms with E-state index in [4.69, 9.17) is 0 Å². The molecule has 6 nitrogen and oxygen atoms in total. The summed E-state index contributed by atoms with van der Waals surface area (Å²) in [6.45, 7) is 12.4. The number of nitrogens with one attached hydrogen (secondary N) is 1. The van der Waals surface area contributed by atoms with Crippen LogP contribution >= 0.6 is 11.3 Å². The topological polar surface area (TPSA) is 78.4 Å². The van der Waals surface area contributed by atoms with Gasteiger partial charge in [0.25, 0.3) is 5.91 Å². The Kier molecular flexibility index (Phi) is 6.48. The van der Waals surface area contributed by atoms with E-state index in [1.54, 1.807) is 17.5 Å². The maximum Gasteiger partial charge on any atom is 0.253 e. The van der Waals surface area contributed by atoms with Gasteiger partial charge in [0.15, 0.2) is 10.8 Å². The molecule has 2 heterocycles. The molecule has 1 saturated carbocycles. The highest BCUT2D eigenvalue weighted by Gasteiger charge is 2.32. The van der Waals surface area contributed by atoms with Gasteiger partial charge in [-0.2, -0.15) is 4.98 Å². The van der Waals surface area contributed by atoms with E-state index in [0.29, 0.717) is 29.2 Å². The number of anilines is 1. The molecule has 7 heteroatoms. The van der Waals surface area contributed by atoms with Crippen molar-refractivity contribution in [3.8, 4) is 0 Å². The van der Waals surface area contributed by atoms with Crippen LogP contribution in [0.2, 0.25) is 0 Å². The van der Waals surface area contributed by atoms with E-state index in [1.165, 1.54) is 0 Å². The molecule has 2 N–H and O–H groups in total. The van der Waals surface area contributed by atoms with Crippen molar-refractivity contribution in [3.63, 3.8) is 0 Å². The highest BCUT2D eigenvalue weighted by molar-refractivity contribution is 7.22. The molecule has 29 heavy (non-hydrogen) atoms. The number of amides is 1. The van der Waals surface area contributed by atoms with Crippen LogP contribution in [0.4, 0.5) is 5.13 Å². The molecule has 1 amide bonds. The fourth-order valence-electron chi connectivity index (χ4n) is 4.29. The number of carbonyl (C=O) groups excluding carboxylic acids is 1.